The smallest absolute Gasteiger partial charge is 0.331 e. The van der Waals surface area contributed by atoms with Gasteiger partial charge in [0.1, 0.15) is 6.10 Å². The molecule has 7 nitrogen and oxygen atoms in total. The number of rotatable bonds is 8. The van der Waals surface area contributed by atoms with Gasteiger partial charge in [-0.15, -0.1) is 0 Å². The number of aliphatic hydroxyl groups excluding tert-OH is 1. The first kappa shape index (κ1) is 29.2. The lowest BCUT2D eigenvalue weighted by molar-refractivity contribution is -0.217. The van der Waals surface area contributed by atoms with Crippen molar-refractivity contribution in [2.75, 3.05) is 6.61 Å². The highest BCUT2D eigenvalue weighted by Gasteiger charge is 2.87. The lowest BCUT2D eigenvalue weighted by Crippen LogP contribution is -2.63. The summed E-state index contributed by atoms with van der Waals surface area (Å²) < 4.78 is 12.1. The minimum atomic E-state index is -1.45. The van der Waals surface area contributed by atoms with Gasteiger partial charge in [0, 0.05) is 48.0 Å². The van der Waals surface area contributed by atoms with E-state index < -0.39 is 64.2 Å². The van der Waals surface area contributed by atoms with Crippen LogP contribution in [0, 0.1) is 35.0 Å². The summed E-state index contributed by atoms with van der Waals surface area (Å²) in [6.45, 7) is 10.7. The molecule has 0 amide bonds. The first-order valence-electron chi connectivity index (χ1n) is 14.0. The van der Waals surface area contributed by atoms with E-state index >= 15 is 0 Å². The van der Waals surface area contributed by atoms with Gasteiger partial charge in [0.25, 0.3) is 0 Å². The molecule has 0 radical (unpaired) electrons. The molecular weight excluding hydrogens is 496 g/mol. The maximum Gasteiger partial charge on any atom is 0.331 e. The standard InChI is InChI=1S/C32H42O7/c1-7-8-9-10-11-12-13-14-26(35)39-32-28(30(32,5)6)25-17-22(18-33)16-23-24(15-19(2)27(23)36)31(25,37)20(3)29(32)38-21(4)34/h9-15,17,20,23-25,28-29,33,37H,7-8,16,18H2,1-6H3/b10-9+,12-11+,14-13+/t20-,23+,24-,25+,28-,29-,31+,32-/m1/s1. The Balaban J connectivity index is 1.74. The van der Waals surface area contributed by atoms with E-state index in [4.69, 9.17) is 9.47 Å². The van der Waals surface area contributed by atoms with Gasteiger partial charge >= 0.3 is 11.9 Å². The summed E-state index contributed by atoms with van der Waals surface area (Å²) in [6.07, 6.45) is 15.7. The molecule has 4 rings (SSSR count). The van der Waals surface area contributed by atoms with Crippen molar-refractivity contribution < 1.29 is 34.1 Å². The maximum atomic E-state index is 13.1. The number of hydrogen-bond acceptors (Lipinski definition) is 7. The van der Waals surface area contributed by atoms with Gasteiger partial charge in [-0.1, -0.05) is 76.6 Å². The fraction of sp³-hybridized carbons (Fsp3) is 0.594. The van der Waals surface area contributed by atoms with E-state index in [9.17, 15) is 24.6 Å². The second-order valence-corrected chi connectivity index (χ2v) is 12.1. The van der Waals surface area contributed by atoms with Crippen molar-refractivity contribution in [3.8, 4) is 0 Å². The Bertz CT molecular complexity index is 1170. The van der Waals surface area contributed by atoms with Crippen molar-refractivity contribution in [1.29, 1.82) is 0 Å². The molecule has 2 saturated carbocycles. The summed E-state index contributed by atoms with van der Waals surface area (Å²) in [4.78, 5) is 38.6. The molecule has 212 valence electrons. The molecule has 0 spiro atoms. The van der Waals surface area contributed by atoms with Crippen LogP contribution in [0.2, 0.25) is 0 Å². The van der Waals surface area contributed by atoms with Crippen molar-refractivity contribution in [3.05, 3.63) is 59.8 Å². The van der Waals surface area contributed by atoms with Crippen LogP contribution in [0.5, 0.6) is 0 Å². The number of carbonyl (C=O) groups is 3. The van der Waals surface area contributed by atoms with Crippen LogP contribution in [0.4, 0.5) is 0 Å². The third-order valence-electron chi connectivity index (χ3n) is 9.60. The average molecular weight is 539 g/mol. The molecular formula is C32H42O7. The molecule has 2 N–H and O–H groups in total. The van der Waals surface area contributed by atoms with Crippen molar-refractivity contribution in [1.82, 2.24) is 0 Å². The van der Waals surface area contributed by atoms with Crippen LogP contribution in [-0.2, 0) is 23.9 Å². The molecule has 2 fully saturated rings. The number of unbranched alkanes of at least 4 members (excludes halogenated alkanes) is 1. The topological polar surface area (TPSA) is 110 Å². The summed E-state index contributed by atoms with van der Waals surface area (Å²) in [5.74, 6) is -3.74. The molecule has 0 unspecified atom stereocenters. The minimum absolute atomic E-state index is 0.0364. The lowest BCUT2D eigenvalue weighted by Gasteiger charge is -2.52. The highest BCUT2D eigenvalue weighted by atomic mass is 16.6. The van der Waals surface area contributed by atoms with Gasteiger partial charge in [0.05, 0.1) is 12.2 Å². The van der Waals surface area contributed by atoms with Gasteiger partial charge in [0.15, 0.2) is 11.4 Å². The van der Waals surface area contributed by atoms with Crippen molar-refractivity contribution in [2.24, 2.45) is 35.0 Å². The van der Waals surface area contributed by atoms with E-state index in [1.54, 1.807) is 19.1 Å². The monoisotopic (exact) mass is 538 g/mol. The van der Waals surface area contributed by atoms with E-state index in [2.05, 4.69) is 6.92 Å². The van der Waals surface area contributed by atoms with Gasteiger partial charge in [0.2, 0.25) is 0 Å². The van der Waals surface area contributed by atoms with Crippen LogP contribution in [0.15, 0.2) is 59.8 Å². The number of ketones is 1. The summed E-state index contributed by atoms with van der Waals surface area (Å²) in [5.41, 5.74) is -2.01. The molecule has 0 aromatic rings. The molecule has 4 aliphatic carbocycles. The van der Waals surface area contributed by atoms with Gasteiger partial charge in [-0.3, -0.25) is 9.59 Å². The van der Waals surface area contributed by atoms with E-state index in [0.717, 1.165) is 12.8 Å². The molecule has 0 heterocycles. The Hall–Kier alpha value is -2.77. The van der Waals surface area contributed by atoms with Crippen molar-refractivity contribution >= 4 is 17.7 Å². The SMILES string of the molecule is CCC/C=C/C=C/C=C/C(=O)O[C@@]12[C@H](OC(C)=O)[C@@H](C)[C@]3(O)[C@@H]4C=C(C)C(=O)[C@H]4CC(CO)=C[C@H]3[C@@H]1C2(C)C. The molecule has 4 aliphatic rings. The van der Waals surface area contributed by atoms with Crippen LogP contribution < -0.4 is 0 Å². The van der Waals surface area contributed by atoms with Crippen LogP contribution in [0.25, 0.3) is 0 Å². The highest BCUT2D eigenvalue weighted by molar-refractivity contribution is 6.00. The van der Waals surface area contributed by atoms with E-state index in [1.807, 2.05) is 51.2 Å². The summed E-state index contributed by atoms with van der Waals surface area (Å²) in [5, 5.41) is 22.8. The molecule has 0 bridgehead atoms. The van der Waals surface area contributed by atoms with Gasteiger partial charge in [-0.05, 0) is 30.9 Å². The number of allylic oxidation sites excluding steroid dienone is 6. The number of fused-ring (bicyclic) bond motifs is 5. The first-order valence-corrected chi connectivity index (χ1v) is 14.0. The predicted octanol–water partition coefficient (Wildman–Crippen LogP) is 4.41. The molecule has 0 saturated heterocycles. The van der Waals surface area contributed by atoms with Gasteiger partial charge in [-0.2, -0.15) is 0 Å². The fourth-order valence-corrected chi connectivity index (χ4v) is 7.74. The molecule has 39 heavy (non-hydrogen) atoms. The largest absolute Gasteiger partial charge is 0.458 e. The summed E-state index contributed by atoms with van der Waals surface area (Å²) >= 11 is 0. The van der Waals surface area contributed by atoms with Crippen LogP contribution in [0.3, 0.4) is 0 Å². The molecule has 0 aromatic carbocycles. The quantitative estimate of drug-likeness (QED) is 0.204. The zero-order valence-electron chi connectivity index (χ0n) is 23.8. The molecule has 0 aliphatic heterocycles. The van der Waals surface area contributed by atoms with Crippen LogP contribution in [-0.4, -0.2) is 51.8 Å². The van der Waals surface area contributed by atoms with Crippen LogP contribution >= 0.6 is 0 Å². The number of Topliss-reactive ketones (excluding diaryl/α,β-unsaturated/α-hetero) is 1. The normalized spacial score (nSPS) is 38.6. The minimum Gasteiger partial charge on any atom is -0.458 e. The van der Waals surface area contributed by atoms with Gasteiger partial charge < -0.3 is 19.7 Å². The Morgan fingerprint density at radius 1 is 1.13 bits per heavy atom. The van der Waals surface area contributed by atoms with Crippen molar-refractivity contribution in [2.45, 2.75) is 78.1 Å². The first-order chi connectivity index (χ1) is 18.4. The zero-order valence-corrected chi connectivity index (χ0v) is 23.8. The maximum absolute atomic E-state index is 13.1. The molecule has 0 aromatic heterocycles. The Kier molecular flexibility index (Phi) is 7.99. The van der Waals surface area contributed by atoms with E-state index in [-0.39, 0.29) is 12.4 Å². The molecule has 8 atom stereocenters. The van der Waals surface area contributed by atoms with Gasteiger partial charge in [-0.25, -0.2) is 4.79 Å². The van der Waals surface area contributed by atoms with Crippen molar-refractivity contribution in [3.63, 3.8) is 0 Å². The third kappa shape index (κ3) is 4.57. The second kappa shape index (κ2) is 10.7. The second-order valence-electron chi connectivity index (χ2n) is 12.1. The summed E-state index contributed by atoms with van der Waals surface area (Å²) in [7, 11) is 0. The number of ether oxygens (including phenoxy) is 2. The fourth-order valence-electron chi connectivity index (χ4n) is 7.74. The number of carbonyl (C=O) groups excluding carboxylic acids is 3. The Morgan fingerprint density at radius 3 is 2.46 bits per heavy atom. The number of esters is 2. The predicted molar refractivity (Wildman–Crippen MR) is 147 cm³/mol. The average Bonchev–Trinajstić information content (AvgIpc) is 3.27. The highest BCUT2D eigenvalue weighted by Crippen LogP contribution is 2.76. The zero-order chi connectivity index (χ0) is 28.8. The Labute approximate surface area is 231 Å². The Morgan fingerprint density at radius 2 is 1.82 bits per heavy atom. The third-order valence-corrected chi connectivity index (χ3v) is 9.60. The lowest BCUT2D eigenvalue weighted by atomic mass is 9.60. The molecule has 7 heteroatoms. The van der Waals surface area contributed by atoms with E-state index in [0.29, 0.717) is 17.6 Å². The van der Waals surface area contributed by atoms with E-state index in [1.165, 1.54) is 13.0 Å². The number of aliphatic hydroxyl groups is 2. The number of hydrogen-bond donors (Lipinski definition) is 2. The van der Waals surface area contributed by atoms with Crippen LogP contribution in [0.1, 0.15) is 60.8 Å². The summed E-state index contributed by atoms with van der Waals surface area (Å²) in [6, 6.07) is 0.